The Balaban J connectivity index is 2.25. The molecule has 0 aliphatic heterocycles. The second-order valence-electron chi connectivity index (χ2n) is 6.14. The number of nitro groups is 1. The van der Waals surface area contributed by atoms with Gasteiger partial charge in [-0.15, -0.1) is 0 Å². The van der Waals surface area contributed by atoms with Crippen molar-refractivity contribution in [1.82, 2.24) is 0 Å². The molecule has 0 bridgehead atoms. The lowest BCUT2D eigenvalue weighted by molar-refractivity contribution is -0.385. The van der Waals surface area contributed by atoms with Gasteiger partial charge in [0, 0.05) is 11.8 Å². The first-order valence-corrected chi connectivity index (χ1v) is 10.2. The van der Waals surface area contributed by atoms with Crippen LogP contribution in [0, 0.1) is 10.1 Å². The second kappa shape index (κ2) is 10.7. The van der Waals surface area contributed by atoms with E-state index >= 15 is 0 Å². The minimum atomic E-state index is -4.60. The predicted molar refractivity (Wildman–Crippen MR) is 111 cm³/mol. The Morgan fingerprint density at radius 2 is 1.94 bits per heavy atom. The standard InChI is InChI=1S/C19H16ClF3N2O6S/c1-2-30-17(26)14(24)9-32-18(27)12-8-11(4-5-15(12)25(28)29)31-16-6-3-10(7-13(16)20)19(21,22)23/h3-8,14H,2,9,24H2,1H3. The van der Waals surface area contributed by atoms with Crippen molar-refractivity contribution in [3.63, 3.8) is 0 Å². The molecule has 0 amide bonds. The van der Waals surface area contributed by atoms with E-state index in [1.807, 2.05) is 0 Å². The summed E-state index contributed by atoms with van der Waals surface area (Å²) in [6, 6.07) is 4.52. The zero-order valence-corrected chi connectivity index (χ0v) is 17.9. The Hall–Kier alpha value is -2.83. The highest BCUT2D eigenvalue weighted by Gasteiger charge is 2.31. The number of rotatable bonds is 8. The molecule has 8 nitrogen and oxygen atoms in total. The first kappa shape index (κ1) is 25.4. The largest absolute Gasteiger partial charge is 0.465 e. The molecule has 2 aromatic rings. The lowest BCUT2D eigenvalue weighted by Crippen LogP contribution is -2.35. The molecule has 2 rings (SSSR count). The molecule has 172 valence electrons. The average molecular weight is 493 g/mol. The highest BCUT2D eigenvalue weighted by Crippen LogP contribution is 2.37. The monoisotopic (exact) mass is 492 g/mol. The summed E-state index contributed by atoms with van der Waals surface area (Å²) in [6.45, 7) is 1.68. The van der Waals surface area contributed by atoms with Gasteiger partial charge in [-0.05, 0) is 37.3 Å². The van der Waals surface area contributed by atoms with Crippen molar-refractivity contribution >= 4 is 40.1 Å². The summed E-state index contributed by atoms with van der Waals surface area (Å²) in [7, 11) is 0. The maximum atomic E-state index is 12.8. The number of carbonyl (C=O) groups is 2. The molecule has 0 aliphatic carbocycles. The summed E-state index contributed by atoms with van der Waals surface area (Å²) in [5.74, 6) is -1.14. The van der Waals surface area contributed by atoms with E-state index in [0.717, 1.165) is 30.3 Å². The van der Waals surface area contributed by atoms with Crippen LogP contribution in [0.3, 0.4) is 0 Å². The molecule has 0 saturated heterocycles. The van der Waals surface area contributed by atoms with Crippen LogP contribution in [0.1, 0.15) is 22.8 Å². The predicted octanol–water partition coefficient (Wildman–Crippen LogP) is 4.82. The van der Waals surface area contributed by atoms with Crippen LogP contribution >= 0.6 is 23.4 Å². The molecule has 13 heteroatoms. The number of ether oxygens (including phenoxy) is 2. The van der Waals surface area contributed by atoms with Crippen LogP contribution in [-0.2, 0) is 15.7 Å². The Labute approximate surface area is 189 Å². The van der Waals surface area contributed by atoms with Gasteiger partial charge in [0.05, 0.1) is 22.1 Å². The number of nitrogens with two attached hydrogens (primary N) is 1. The number of nitro benzene ring substituents is 1. The zero-order valence-electron chi connectivity index (χ0n) is 16.3. The van der Waals surface area contributed by atoms with E-state index in [4.69, 9.17) is 26.8 Å². The van der Waals surface area contributed by atoms with E-state index in [1.54, 1.807) is 6.92 Å². The van der Waals surface area contributed by atoms with E-state index in [9.17, 15) is 32.9 Å². The summed E-state index contributed by atoms with van der Waals surface area (Å²) < 4.78 is 48.5. The molecule has 0 saturated carbocycles. The van der Waals surface area contributed by atoms with Gasteiger partial charge in [-0.25, -0.2) is 0 Å². The van der Waals surface area contributed by atoms with Crippen molar-refractivity contribution < 1.29 is 37.2 Å². The van der Waals surface area contributed by atoms with Gasteiger partial charge in [-0.3, -0.25) is 19.7 Å². The zero-order chi connectivity index (χ0) is 24.1. The first-order chi connectivity index (χ1) is 14.9. The van der Waals surface area contributed by atoms with E-state index in [1.165, 1.54) is 0 Å². The van der Waals surface area contributed by atoms with Gasteiger partial charge in [0.15, 0.2) is 0 Å². The average Bonchev–Trinajstić information content (AvgIpc) is 2.72. The van der Waals surface area contributed by atoms with Crippen molar-refractivity contribution in [2.24, 2.45) is 5.73 Å². The Morgan fingerprint density at radius 1 is 1.25 bits per heavy atom. The lowest BCUT2D eigenvalue weighted by Gasteiger charge is -2.12. The van der Waals surface area contributed by atoms with Crippen LogP contribution in [0.25, 0.3) is 0 Å². The Morgan fingerprint density at radius 3 is 2.50 bits per heavy atom. The quantitative estimate of drug-likeness (QED) is 0.316. The number of halogens is 4. The van der Waals surface area contributed by atoms with Crippen molar-refractivity contribution in [3.8, 4) is 11.5 Å². The molecule has 2 N–H and O–H groups in total. The summed E-state index contributed by atoms with van der Waals surface area (Å²) in [5.41, 5.74) is 3.76. The van der Waals surface area contributed by atoms with Gasteiger partial charge >= 0.3 is 12.1 Å². The molecule has 0 fully saturated rings. The highest BCUT2D eigenvalue weighted by atomic mass is 35.5. The normalized spacial score (nSPS) is 12.2. The molecule has 32 heavy (non-hydrogen) atoms. The Kier molecular flexibility index (Phi) is 8.47. The number of nitrogens with zero attached hydrogens (tertiary/aromatic N) is 1. The molecular weight excluding hydrogens is 477 g/mol. The van der Waals surface area contributed by atoms with Gasteiger partial charge in [-0.2, -0.15) is 13.2 Å². The Bertz CT molecular complexity index is 1030. The molecule has 1 unspecified atom stereocenters. The fraction of sp³-hybridized carbons (Fsp3) is 0.263. The van der Waals surface area contributed by atoms with Crippen molar-refractivity contribution in [2.45, 2.75) is 19.1 Å². The second-order valence-corrected chi connectivity index (χ2v) is 7.54. The highest BCUT2D eigenvalue weighted by molar-refractivity contribution is 8.14. The molecule has 0 heterocycles. The maximum absolute atomic E-state index is 12.8. The third-order valence-corrected chi connectivity index (χ3v) is 5.16. The topological polar surface area (TPSA) is 122 Å². The van der Waals surface area contributed by atoms with E-state index in [2.05, 4.69) is 0 Å². The number of hydrogen-bond acceptors (Lipinski definition) is 8. The number of benzene rings is 2. The van der Waals surface area contributed by atoms with E-state index in [-0.39, 0.29) is 34.4 Å². The molecule has 0 spiro atoms. The number of alkyl halides is 3. The fourth-order valence-electron chi connectivity index (χ4n) is 2.35. The third-order valence-electron chi connectivity index (χ3n) is 3.85. The lowest BCUT2D eigenvalue weighted by atomic mass is 10.2. The number of thioether (sulfide) groups is 1. The van der Waals surface area contributed by atoms with Crippen LogP contribution in [0.4, 0.5) is 18.9 Å². The molecule has 0 radical (unpaired) electrons. The smallest absolute Gasteiger partial charge is 0.416 e. The maximum Gasteiger partial charge on any atom is 0.416 e. The van der Waals surface area contributed by atoms with Crippen LogP contribution in [0.5, 0.6) is 11.5 Å². The van der Waals surface area contributed by atoms with Gasteiger partial charge in [0.1, 0.15) is 23.1 Å². The summed E-state index contributed by atoms with van der Waals surface area (Å²) in [5, 5.41) is 10.2. The molecule has 1 atom stereocenters. The van der Waals surface area contributed by atoms with Crippen molar-refractivity contribution in [2.75, 3.05) is 12.4 Å². The van der Waals surface area contributed by atoms with Crippen LogP contribution in [-0.4, -0.2) is 34.4 Å². The van der Waals surface area contributed by atoms with E-state index in [0.29, 0.717) is 17.8 Å². The van der Waals surface area contributed by atoms with Crippen LogP contribution < -0.4 is 10.5 Å². The van der Waals surface area contributed by atoms with Crippen LogP contribution in [0.2, 0.25) is 5.02 Å². The SMILES string of the molecule is CCOC(=O)C(N)CSC(=O)c1cc(Oc2ccc(C(F)(F)F)cc2Cl)ccc1[N+](=O)[O-]. The first-order valence-electron chi connectivity index (χ1n) is 8.86. The van der Waals surface area contributed by atoms with Gasteiger partial charge < -0.3 is 15.2 Å². The molecular formula is C19H16ClF3N2O6S. The van der Waals surface area contributed by atoms with Gasteiger partial charge in [-0.1, -0.05) is 23.4 Å². The van der Waals surface area contributed by atoms with Gasteiger partial charge in [0.2, 0.25) is 5.12 Å². The summed E-state index contributed by atoms with van der Waals surface area (Å²) in [6.07, 6.45) is -4.60. The third kappa shape index (κ3) is 6.58. The molecule has 0 aromatic heterocycles. The number of esters is 1. The van der Waals surface area contributed by atoms with Gasteiger partial charge in [0.25, 0.3) is 5.69 Å². The minimum Gasteiger partial charge on any atom is -0.465 e. The van der Waals surface area contributed by atoms with Crippen LogP contribution in [0.15, 0.2) is 36.4 Å². The van der Waals surface area contributed by atoms with Crippen molar-refractivity contribution in [3.05, 3.63) is 62.7 Å². The van der Waals surface area contributed by atoms with Crippen molar-refractivity contribution in [1.29, 1.82) is 0 Å². The molecule has 2 aromatic carbocycles. The summed E-state index contributed by atoms with van der Waals surface area (Å²) in [4.78, 5) is 34.6. The fourth-order valence-corrected chi connectivity index (χ4v) is 3.35. The number of hydrogen-bond donors (Lipinski definition) is 1. The molecule has 0 aliphatic rings. The van der Waals surface area contributed by atoms with E-state index < -0.39 is 39.5 Å². The summed E-state index contributed by atoms with van der Waals surface area (Å²) >= 11 is 6.42. The number of carbonyl (C=O) groups excluding carboxylic acids is 2. The minimum absolute atomic E-state index is 0.0732.